The van der Waals surface area contributed by atoms with Crippen molar-refractivity contribution in [2.45, 2.75) is 40.5 Å². The van der Waals surface area contributed by atoms with Crippen molar-refractivity contribution in [2.75, 3.05) is 5.32 Å². The van der Waals surface area contributed by atoms with Gasteiger partial charge in [0.25, 0.3) is 0 Å². The minimum atomic E-state index is -0.0969. The van der Waals surface area contributed by atoms with Crippen LogP contribution in [0.25, 0.3) is 17.7 Å². The summed E-state index contributed by atoms with van der Waals surface area (Å²) in [5, 5.41) is 5.20. The van der Waals surface area contributed by atoms with Crippen molar-refractivity contribution in [2.24, 2.45) is 0 Å². The fourth-order valence-corrected chi connectivity index (χ4v) is 2.84. The summed E-state index contributed by atoms with van der Waals surface area (Å²) < 4.78 is 0. The Kier molecular flexibility index (Phi) is 7.24. The van der Waals surface area contributed by atoms with Gasteiger partial charge in [0.15, 0.2) is 5.82 Å². The van der Waals surface area contributed by atoms with Gasteiger partial charge in [0.1, 0.15) is 0 Å². The molecule has 2 aromatic rings. The molecule has 27 heavy (non-hydrogen) atoms. The van der Waals surface area contributed by atoms with Gasteiger partial charge in [-0.05, 0) is 48.8 Å². The smallest absolute Gasteiger partial charge is 0.229 e. The number of aryl methyl sites for hydroxylation is 1. The minimum Gasteiger partial charge on any atom is -0.309 e. The third-order valence-corrected chi connectivity index (χ3v) is 4.35. The van der Waals surface area contributed by atoms with Crippen LogP contribution >= 0.6 is 0 Å². The number of carbonyl (C=O) groups is 1. The molecule has 0 saturated carbocycles. The Hall–Kier alpha value is -3.01. The predicted octanol–water partition coefficient (Wildman–Crippen LogP) is 3.41. The molecule has 140 valence electrons. The van der Waals surface area contributed by atoms with Gasteiger partial charge >= 0.3 is 0 Å². The summed E-state index contributed by atoms with van der Waals surface area (Å²) >= 11 is 0. The molecule has 1 aromatic carbocycles. The summed E-state index contributed by atoms with van der Waals surface area (Å²) in [5.74, 6) is 0.429. The van der Waals surface area contributed by atoms with Crippen molar-refractivity contribution < 1.29 is 4.79 Å². The predicted molar refractivity (Wildman–Crippen MR) is 114 cm³/mol. The number of nitrogens with zero attached hydrogens (tertiary/aromatic N) is 2. The zero-order valence-electron chi connectivity index (χ0n) is 16.5. The van der Waals surface area contributed by atoms with E-state index in [0.717, 1.165) is 27.7 Å². The molecule has 0 atom stereocenters. The van der Waals surface area contributed by atoms with Crippen LogP contribution in [0.2, 0.25) is 0 Å². The van der Waals surface area contributed by atoms with Crippen LogP contribution in [0, 0.1) is 0 Å². The third kappa shape index (κ3) is 5.23. The number of allylic oxidation sites excluding steroid dienone is 3. The molecule has 2 rings (SSSR count). The lowest BCUT2D eigenvalue weighted by atomic mass is 10.1. The first-order chi connectivity index (χ1) is 13.0. The lowest BCUT2D eigenvalue weighted by Gasteiger charge is -2.10. The van der Waals surface area contributed by atoms with Crippen LogP contribution in [-0.2, 0) is 17.6 Å². The topological polar surface area (TPSA) is 54.9 Å². The molecule has 0 aliphatic heterocycles. The van der Waals surface area contributed by atoms with Gasteiger partial charge in [0, 0.05) is 0 Å². The zero-order valence-corrected chi connectivity index (χ0v) is 16.5. The van der Waals surface area contributed by atoms with E-state index in [4.69, 9.17) is 0 Å². The second-order valence-corrected chi connectivity index (χ2v) is 6.26. The van der Waals surface area contributed by atoms with E-state index in [9.17, 15) is 4.79 Å². The number of benzene rings is 1. The number of anilines is 1. The van der Waals surface area contributed by atoms with Gasteiger partial charge < -0.3 is 5.32 Å². The van der Waals surface area contributed by atoms with Crippen LogP contribution in [0.4, 0.5) is 5.82 Å². The van der Waals surface area contributed by atoms with E-state index in [0.29, 0.717) is 18.7 Å². The molecule has 0 unspecified atom stereocenters. The van der Waals surface area contributed by atoms with Crippen LogP contribution in [0.3, 0.4) is 0 Å². The van der Waals surface area contributed by atoms with Crippen molar-refractivity contribution in [3.8, 4) is 0 Å². The number of nitrogens with one attached hydrogen (secondary N) is 1. The lowest BCUT2D eigenvalue weighted by Crippen LogP contribution is -2.25. The fourth-order valence-electron chi connectivity index (χ4n) is 2.84. The highest BCUT2D eigenvalue weighted by Crippen LogP contribution is 2.16. The molecule has 4 nitrogen and oxygen atoms in total. The van der Waals surface area contributed by atoms with E-state index in [1.807, 2.05) is 52.0 Å². The molecule has 0 spiro atoms. The maximum Gasteiger partial charge on any atom is 0.229 e. The first kappa shape index (κ1) is 20.3. The quantitative estimate of drug-likeness (QED) is 0.802. The van der Waals surface area contributed by atoms with E-state index in [1.165, 1.54) is 5.22 Å². The molecule has 4 heteroatoms. The second kappa shape index (κ2) is 9.62. The summed E-state index contributed by atoms with van der Waals surface area (Å²) in [4.78, 5) is 21.5. The first-order valence-electron chi connectivity index (χ1n) is 9.19. The average molecular weight is 361 g/mol. The van der Waals surface area contributed by atoms with E-state index in [2.05, 4.69) is 34.0 Å². The highest BCUT2D eigenvalue weighted by atomic mass is 16.1. The summed E-state index contributed by atoms with van der Waals surface area (Å²) in [6.45, 7) is 11.7. The number of rotatable bonds is 6. The van der Waals surface area contributed by atoms with Crippen LogP contribution in [0.1, 0.15) is 44.6 Å². The SMILES string of the molecule is C=C/C=C(\C)c1cnc(NC(=O)Cc2ccc(=C/C)/c(=C\C)c2)c(CC)n1. The minimum absolute atomic E-state index is 0.0969. The molecule has 0 aliphatic rings. The summed E-state index contributed by atoms with van der Waals surface area (Å²) in [5.41, 5.74) is 3.52. The Balaban J connectivity index is 2.21. The van der Waals surface area contributed by atoms with Gasteiger partial charge in [-0.1, -0.05) is 56.0 Å². The number of aromatic nitrogens is 2. The Labute approximate surface area is 161 Å². The monoisotopic (exact) mass is 361 g/mol. The largest absolute Gasteiger partial charge is 0.309 e. The summed E-state index contributed by atoms with van der Waals surface area (Å²) in [6, 6.07) is 6.08. The van der Waals surface area contributed by atoms with E-state index < -0.39 is 0 Å². The van der Waals surface area contributed by atoms with Gasteiger partial charge in [-0.2, -0.15) is 0 Å². The third-order valence-electron chi connectivity index (χ3n) is 4.35. The number of hydrogen-bond acceptors (Lipinski definition) is 3. The van der Waals surface area contributed by atoms with Crippen LogP contribution in [0.15, 0.2) is 43.1 Å². The van der Waals surface area contributed by atoms with Crippen LogP contribution in [0.5, 0.6) is 0 Å². The maximum absolute atomic E-state index is 12.5. The van der Waals surface area contributed by atoms with Gasteiger partial charge in [0.2, 0.25) is 5.91 Å². The second-order valence-electron chi connectivity index (χ2n) is 6.26. The normalized spacial score (nSPS) is 13.0. The van der Waals surface area contributed by atoms with E-state index in [1.54, 1.807) is 12.3 Å². The van der Waals surface area contributed by atoms with E-state index >= 15 is 0 Å². The molecule has 1 amide bonds. The molecular formula is C23H27N3O. The first-order valence-corrected chi connectivity index (χ1v) is 9.19. The average Bonchev–Trinajstić information content (AvgIpc) is 2.68. The van der Waals surface area contributed by atoms with Gasteiger partial charge in [-0.25, -0.2) is 9.97 Å². The molecule has 1 heterocycles. The van der Waals surface area contributed by atoms with Gasteiger partial charge in [-0.15, -0.1) is 0 Å². The number of hydrogen-bond donors (Lipinski definition) is 1. The van der Waals surface area contributed by atoms with Gasteiger partial charge in [0.05, 0.1) is 24.0 Å². The Morgan fingerprint density at radius 2 is 1.96 bits per heavy atom. The highest BCUT2D eigenvalue weighted by Gasteiger charge is 2.11. The van der Waals surface area contributed by atoms with Crippen molar-refractivity contribution in [1.29, 1.82) is 0 Å². The molecule has 0 fully saturated rings. The number of carbonyl (C=O) groups excluding carboxylic acids is 1. The molecule has 0 radical (unpaired) electrons. The van der Waals surface area contributed by atoms with Crippen LogP contribution < -0.4 is 15.8 Å². The van der Waals surface area contributed by atoms with Crippen molar-refractivity contribution in [1.82, 2.24) is 9.97 Å². The molecule has 1 aromatic heterocycles. The zero-order chi connectivity index (χ0) is 19.8. The van der Waals surface area contributed by atoms with E-state index in [-0.39, 0.29) is 5.91 Å². The fraction of sp³-hybridized carbons (Fsp3) is 0.261. The molecule has 0 bridgehead atoms. The number of amides is 1. The molecule has 0 saturated heterocycles. The molecule has 0 aliphatic carbocycles. The highest BCUT2D eigenvalue weighted by molar-refractivity contribution is 5.91. The van der Waals surface area contributed by atoms with Crippen LogP contribution in [-0.4, -0.2) is 15.9 Å². The van der Waals surface area contributed by atoms with Gasteiger partial charge in [-0.3, -0.25) is 4.79 Å². The summed E-state index contributed by atoms with van der Waals surface area (Å²) in [6.07, 6.45) is 10.4. The standard InChI is InChI=1S/C23H27N3O/c1-6-10-16(5)21-15-24-23(20(9-4)25-21)26-22(27)14-17-11-12-18(7-2)19(8-3)13-17/h6-8,10-13,15H,1,9,14H2,2-5H3,(H,24,26,27)/b16-10+,18-7-,19-8-. The summed E-state index contributed by atoms with van der Waals surface area (Å²) in [7, 11) is 0. The molecular weight excluding hydrogens is 334 g/mol. The Bertz CT molecular complexity index is 987. The molecule has 1 N–H and O–H groups in total. The Morgan fingerprint density at radius 1 is 1.22 bits per heavy atom. The van der Waals surface area contributed by atoms with Crippen molar-refractivity contribution in [3.63, 3.8) is 0 Å². The Morgan fingerprint density at radius 3 is 2.59 bits per heavy atom. The lowest BCUT2D eigenvalue weighted by molar-refractivity contribution is -0.115. The van der Waals surface area contributed by atoms with Crippen molar-refractivity contribution >= 4 is 29.5 Å². The maximum atomic E-state index is 12.5. The van der Waals surface area contributed by atoms with Crippen molar-refractivity contribution in [3.05, 3.63) is 70.5 Å².